The van der Waals surface area contributed by atoms with Crippen molar-refractivity contribution >= 4 is 82.2 Å². The number of benzene rings is 7. The highest BCUT2D eigenvalue weighted by atomic mass is 16.3. The molecule has 0 aliphatic rings. The topological polar surface area (TPSA) is 40.3 Å². The first-order valence-corrected chi connectivity index (χ1v) is 17.6. The second-order valence-electron chi connectivity index (χ2n) is 13.6. The van der Waals surface area contributed by atoms with Gasteiger partial charge in [-0.2, -0.15) is 0 Å². The summed E-state index contributed by atoms with van der Waals surface area (Å²) in [5, 5.41) is 6.99. The number of furan rings is 1. The molecule has 5 heteroatoms. The van der Waals surface area contributed by atoms with Gasteiger partial charge >= 0.3 is 0 Å². The summed E-state index contributed by atoms with van der Waals surface area (Å²) in [7, 11) is 0. The van der Waals surface area contributed by atoms with Gasteiger partial charge in [-0.25, -0.2) is 4.98 Å². The number of fused-ring (bicyclic) bond motifs is 13. The normalized spacial score (nSPS) is 12.2. The highest BCUT2D eigenvalue weighted by Crippen LogP contribution is 2.43. The lowest BCUT2D eigenvalue weighted by molar-refractivity contribution is 0.645. The van der Waals surface area contributed by atoms with Crippen molar-refractivity contribution in [2.75, 3.05) is 0 Å². The summed E-state index contributed by atoms with van der Waals surface area (Å²) in [6, 6.07) is 60.4. The molecule has 0 fully saturated rings. The number of hydrogen-bond donors (Lipinski definition) is 0. The quantitative estimate of drug-likeness (QED) is 0.189. The van der Waals surface area contributed by atoms with Crippen LogP contribution in [0.5, 0.6) is 0 Å². The summed E-state index contributed by atoms with van der Waals surface area (Å²) >= 11 is 0. The number of aromatic nitrogens is 4. The van der Waals surface area contributed by atoms with Crippen molar-refractivity contribution in [3.63, 3.8) is 0 Å². The molecule has 0 N–H and O–H groups in total. The molecule has 0 radical (unpaired) electrons. The number of rotatable bonds is 3. The molecule has 5 heterocycles. The Kier molecular flexibility index (Phi) is 5.44. The van der Waals surface area contributed by atoms with E-state index in [1.807, 2.05) is 6.07 Å². The van der Waals surface area contributed by atoms with Crippen LogP contribution in [0.4, 0.5) is 0 Å². The molecule has 7 aromatic carbocycles. The second kappa shape index (κ2) is 10.2. The molecule has 0 saturated carbocycles. The summed E-state index contributed by atoms with van der Waals surface area (Å²) < 4.78 is 13.8. The van der Waals surface area contributed by atoms with E-state index in [-0.39, 0.29) is 0 Å². The number of para-hydroxylation sites is 6. The van der Waals surface area contributed by atoms with Crippen molar-refractivity contribution in [3.05, 3.63) is 170 Å². The molecule has 12 aromatic rings. The molecule has 5 aromatic heterocycles. The van der Waals surface area contributed by atoms with Crippen molar-refractivity contribution in [2.24, 2.45) is 0 Å². The van der Waals surface area contributed by atoms with E-state index in [0.717, 1.165) is 72.2 Å². The van der Waals surface area contributed by atoms with Crippen molar-refractivity contribution < 1.29 is 4.42 Å². The first-order chi connectivity index (χ1) is 25.8. The van der Waals surface area contributed by atoms with Crippen LogP contribution in [0, 0.1) is 0 Å². The highest BCUT2D eigenvalue weighted by molar-refractivity contribution is 6.24. The van der Waals surface area contributed by atoms with Crippen LogP contribution in [0.15, 0.2) is 174 Å². The molecule has 0 saturated heterocycles. The largest absolute Gasteiger partial charge is 0.439 e. The third-order valence-corrected chi connectivity index (χ3v) is 10.8. The standard InChI is InChI=1S/C47H28N4O/c1-2-15-31(16-3-1)49-39-22-9-5-18-33(39)35-27-42-36(28-41(35)49)45-34-19-6-11-24-44(34)52-47(45)50(42)32-17-12-14-30(25-32)46-43-26-29-13-4-8-21-38(29)51(43)40-23-10-7-20-37(40)48-46/h1-28H. The van der Waals surface area contributed by atoms with Crippen LogP contribution in [-0.4, -0.2) is 18.5 Å². The molecule has 5 nitrogen and oxygen atoms in total. The van der Waals surface area contributed by atoms with Gasteiger partial charge in [0.2, 0.25) is 5.71 Å². The zero-order valence-electron chi connectivity index (χ0n) is 27.9. The van der Waals surface area contributed by atoms with Gasteiger partial charge in [0, 0.05) is 43.9 Å². The summed E-state index contributed by atoms with van der Waals surface area (Å²) in [6.07, 6.45) is 0. The zero-order valence-corrected chi connectivity index (χ0v) is 27.9. The van der Waals surface area contributed by atoms with Crippen molar-refractivity contribution in [1.82, 2.24) is 18.5 Å². The van der Waals surface area contributed by atoms with Gasteiger partial charge < -0.3 is 13.4 Å². The van der Waals surface area contributed by atoms with Gasteiger partial charge in [0.05, 0.1) is 49.7 Å². The van der Waals surface area contributed by atoms with E-state index in [9.17, 15) is 0 Å². The van der Waals surface area contributed by atoms with Crippen LogP contribution in [0.25, 0.3) is 105 Å². The Morgan fingerprint density at radius 2 is 1.12 bits per heavy atom. The summed E-state index contributed by atoms with van der Waals surface area (Å²) in [5.41, 5.74) is 13.6. The minimum atomic E-state index is 0.835. The van der Waals surface area contributed by atoms with Crippen LogP contribution in [0.1, 0.15) is 0 Å². The lowest BCUT2D eigenvalue weighted by atomic mass is 10.1. The Morgan fingerprint density at radius 3 is 2.02 bits per heavy atom. The number of nitrogens with zero attached hydrogens (tertiary/aromatic N) is 4. The molecule has 0 aliphatic heterocycles. The molecule has 0 spiro atoms. The van der Waals surface area contributed by atoms with Gasteiger partial charge in [-0.1, -0.05) is 97.1 Å². The van der Waals surface area contributed by atoms with E-state index >= 15 is 0 Å². The van der Waals surface area contributed by atoms with Gasteiger partial charge in [-0.05, 0) is 72.8 Å². The summed E-state index contributed by atoms with van der Waals surface area (Å²) in [5.74, 6) is 0. The minimum absolute atomic E-state index is 0.835. The Bertz CT molecular complexity index is 3410. The summed E-state index contributed by atoms with van der Waals surface area (Å²) in [4.78, 5) is 5.30. The smallest absolute Gasteiger partial charge is 0.213 e. The average Bonchev–Trinajstić information content (AvgIpc) is 3.94. The monoisotopic (exact) mass is 664 g/mol. The third kappa shape index (κ3) is 3.69. The van der Waals surface area contributed by atoms with Gasteiger partial charge in [0.15, 0.2) is 0 Å². The Hall–Kier alpha value is -7.11. The molecular weight excluding hydrogens is 637 g/mol. The lowest BCUT2D eigenvalue weighted by Crippen LogP contribution is -1.97. The van der Waals surface area contributed by atoms with E-state index in [0.29, 0.717) is 0 Å². The van der Waals surface area contributed by atoms with Crippen molar-refractivity contribution in [2.45, 2.75) is 0 Å². The van der Waals surface area contributed by atoms with Crippen LogP contribution >= 0.6 is 0 Å². The molecule has 52 heavy (non-hydrogen) atoms. The molecule has 12 rings (SSSR count). The van der Waals surface area contributed by atoms with Gasteiger partial charge in [-0.15, -0.1) is 0 Å². The fraction of sp³-hybridized carbons (Fsp3) is 0. The first-order valence-electron chi connectivity index (χ1n) is 17.6. The molecular formula is C47H28N4O. The van der Waals surface area contributed by atoms with E-state index in [4.69, 9.17) is 9.40 Å². The second-order valence-corrected chi connectivity index (χ2v) is 13.6. The maximum atomic E-state index is 6.78. The van der Waals surface area contributed by atoms with Gasteiger partial charge in [0.25, 0.3) is 0 Å². The fourth-order valence-electron chi connectivity index (χ4n) is 8.58. The molecule has 242 valence electrons. The maximum absolute atomic E-state index is 6.78. The Labute approximate surface area is 296 Å². The van der Waals surface area contributed by atoms with Crippen molar-refractivity contribution in [1.29, 1.82) is 0 Å². The SMILES string of the molecule is c1ccc(-n2c3ccccc3c3cc4c(cc32)c2c3ccccc3oc2n4-c2cccc(-c3nc4ccccc4n4c3cc3ccccc34)c2)cc1. The van der Waals surface area contributed by atoms with Crippen LogP contribution in [-0.2, 0) is 0 Å². The summed E-state index contributed by atoms with van der Waals surface area (Å²) in [6.45, 7) is 0. The van der Waals surface area contributed by atoms with E-state index < -0.39 is 0 Å². The van der Waals surface area contributed by atoms with E-state index in [2.05, 4.69) is 177 Å². The Morgan fingerprint density at radius 1 is 0.423 bits per heavy atom. The maximum Gasteiger partial charge on any atom is 0.213 e. The highest BCUT2D eigenvalue weighted by Gasteiger charge is 2.23. The van der Waals surface area contributed by atoms with Gasteiger partial charge in [0.1, 0.15) is 5.58 Å². The molecule has 0 amide bonds. The predicted molar refractivity (Wildman–Crippen MR) is 214 cm³/mol. The molecule has 0 aliphatic carbocycles. The molecule has 0 unspecified atom stereocenters. The fourth-order valence-corrected chi connectivity index (χ4v) is 8.58. The van der Waals surface area contributed by atoms with Crippen LogP contribution < -0.4 is 0 Å². The van der Waals surface area contributed by atoms with Gasteiger partial charge in [-0.3, -0.25) is 4.57 Å². The van der Waals surface area contributed by atoms with E-state index in [1.165, 1.54) is 32.7 Å². The lowest BCUT2D eigenvalue weighted by Gasteiger charge is -2.12. The number of hydrogen-bond acceptors (Lipinski definition) is 2. The predicted octanol–water partition coefficient (Wildman–Crippen LogP) is 12.2. The first kappa shape index (κ1) is 27.7. The average molecular weight is 665 g/mol. The third-order valence-electron chi connectivity index (χ3n) is 10.8. The Balaban J connectivity index is 1.18. The van der Waals surface area contributed by atoms with Crippen molar-refractivity contribution in [3.8, 4) is 22.6 Å². The molecule has 0 bridgehead atoms. The van der Waals surface area contributed by atoms with E-state index in [1.54, 1.807) is 0 Å². The van der Waals surface area contributed by atoms with Crippen LogP contribution in [0.2, 0.25) is 0 Å². The molecule has 0 atom stereocenters. The minimum Gasteiger partial charge on any atom is -0.439 e. The zero-order chi connectivity index (χ0) is 33.9. The van der Waals surface area contributed by atoms with Crippen LogP contribution in [0.3, 0.4) is 0 Å².